The number of anilines is 2. The van der Waals surface area contributed by atoms with Gasteiger partial charge >= 0.3 is 6.03 Å². The van der Waals surface area contributed by atoms with Crippen molar-refractivity contribution in [3.8, 4) is 5.75 Å². The molecule has 3 amide bonds. The fourth-order valence-electron chi connectivity index (χ4n) is 3.97. The van der Waals surface area contributed by atoms with Crippen LogP contribution < -0.4 is 21.7 Å². The van der Waals surface area contributed by atoms with Gasteiger partial charge in [-0.25, -0.2) is 9.48 Å². The Bertz CT molecular complexity index is 1210. The van der Waals surface area contributed by atoms with Gasteiger partial charge in [-0.1, -0.05) is 30.3 Å². The number of aliphatic hydroxyl groups is 1. The summed E-state index contributed by atoms with van der Waals surface area (Å²) in [4.78, 5) is 23.6. The maximum Gasteiger partial charge on any atom is 0.316 e. The standard InChI is InChI=1S/C26H34N6O4/c1-4-32-23(10-11-29-32)31-24(35)13-17-6-5-7-18(12-17)15-26(2,3)28-16-22(34)19-8-9-21(33)20(14-19)30-25(27)36/h5-12,14,22,28,33-34H,4,13,15-16H2,1-3H3,(H,31,35)(H3,27,30,36)/t22-/m0/s1. The maximum absolute atomic E-state index is 12.5. The van der Waals surface area contributed by atoms with Crippen LogP contribution in [0, 0.1) is 0 Å². The van der Waals surface area contributed by atoms with Crippen molar-refractivity contribution in [3.05, 3.63) is 71.4 Å². The zero-order valence-electron chi connectivity index (χ0n) is 20.8. The largest absolute Gasteiger partial charge is 0.506 e. The summed E-state index contributed by atoms with van der Waals surface area (Å²) in [6.45, 7) is 6.95. The van der Waals surface area contributed by atoms with Crippen LogP contribution in [0.5, 0.6) is 5.75 Å². The Kier molecular flexibility index (Phi) is 8.68. The van der Waals surface area contributed by atoms with Crippen LogP contribution in [0.1, 0.15) is 43.6 Å². The van der Waals surface area contributed by atoms with Crippen LogP contribution in [0.25, 0.3) is 0 Å². The molecule has 0 saturated carbocycles. The molecule has 0 spiro atoms. The van der Waals surface area contributed by atoms with Crippen LogP contribution in [0.2, 0.25) is 0 Å². The smallest absolute Gasteiger partial charge is 0.316 e. The fourth-order valence-corrected chi connectivity index (χ4v) is 3.97. The van der Waals surface area contributed by atoms with Gasteiger partial charge in [0.15, 0.2) is 0 Å². The second-order valence-corrected chi connectivity index (χ2v) is 9.30. The summed E-state index contributed by atoms with van der Waals surface area (Å²) < 4.78 is 1.73. The van der Waals surface area contributed by atoms with E-state index in [1.165, 1.54) is 12.1 Å². The van der Waals surface area contributed by atoms with Gasteiger partial charge in [0.1, 0.15) is 11.6 Å². The van der Waals surface area contributed by atoms with Crippen molar-refractivity contribution in [3.63, 3.8) is 0 Å². The summed E-state index contributed by atoms with van der Waals surface area (Å²) in [6.07, 6.45) is 1.70. The van der Waals surface area contributed by atoms with Crippen LogP contribution in [0.15, 0.2) is 54.7 Å². The number of β-amino-alcohol motifs (C(OH)–C–C–N with tert-alkyl or cyclic N) is 1. The number of aryl methyl sites for hydroxylation is 1. The molecule has 0 radical (unpaired) electrons. The second-order valence-electron chi connectivity index (χ2n) is 9.30. The van der Waals surface area contributed by atoms with E-state index in [9.17, 15) is 19.8 Å². The number of hydrogen-bond acceptors (Lipinski definition) is 6. The van der Waals surface area contributed by atoms with Crippen molar-refractivity contribution in [1.82, 2.24) is 15.1 Å². The SMILES string of the molecule is CCn1nccc1NC(=O)Cc1cccc(CC(C)(C)NC[C@H](O)c2ccc(O)c(NC(N)=O)c2)c1. The molecule has 1 aromatic heterocycles. The number of benzene rings is 2. The summed E-state index contributed by atoms with van der Waals surface area (Å²) in [5, 5.41) is 33.3. The highest BCUT2D eigenvalue weighted by atomic mass is 16.3. The third-order valence-corrected chi connectivity index (χ3v) is 5.72. The van der Waals surface area contributed by atoms with Gasteiger partial charge in [0.2, 0.25) is 5.91 Å². The van der Waals surface area contributed by atoms with Crippen molar-refractivity contribution in [2.24, 2.45) is 5.73 Å². The number of nitrogens with one attached hydrogen (secondary N) is 3. The number of hydrogen-bond donors (Lipinski definition) is 6. The van der Waals surface area contributed by atoms with Crippen LogP contribution in [-0.4, -0.2) is 44.0 Å². The number of rotatable bonds is 11. The van der Waals surface area contributed by atoms with Gasteiger partial charge in [-0.15, -0.1) is 0 Å². The Balaban J connectivity index is 1.57. The normalized spacial score (nSPS) is 12.2. The minimum Gasteiger partial charge on any atom is -0.506 e. The molecule has 3 aromatic rings. The number of phenolic OH excluding ortho intramolecular Hbond substituents is 1. The minimum atomic E-state index is -0.870. The van der Waals surface area contributed by atoms with Crippen LogP contribution >= 0.6 is 0 Å². The number of phenols is 1. The number of aromatic nitrogens is 2. The fraction of sp³-hybridized carbons (Fsp3) is 0.346. The summed E-state index contributed by atoms with van der Waals surface area (Å²) >= 11 is 0. The highest BCUT2D eigenvalue weighted by Crippen LogP contribution is 2.27. The molecule has 0 aliphatic heterocycles. The molecule has 10 nitrogen and oxygen atoms in total. The molecule has 1 atom stereocenters. The summed E-state index contributed by atoms with van der Waals surface area (Å²) in [5.41, 5.74) is 7.39. The summed E-state index contributed by atoms with van der Waals surface area (Å²) in [6, 6.07) is 13.3. The number of carbonyl (C=O) groups excluding carboxylic acids is 2. The molecule has 0 aliphatic carbocycles. The first-order valence-corrected chi connectivity index (χ1v) is 11.8. The molecule has 0 fully saturated rings. The number of nitrogens with two attached hydrogens (primary N) is 1. The molecule has 192 valence electrons. The van der Waals surface area contributed by atoms with Crippen molar-refractivity contribution in [2.45, 2.75) is 51.8 Å². The molecule has 0 aliphatic rings. The van der Waals surface area contributed by atoms with E-state index < -0.39 is 12.1 Å². The van der Waals surface area contributed by atoms with Crippen molar-refractivity contribution in [1.29, 1.82) is 0 Å². The highest BCUT2D eigenvalue weighted by Gasteiger charge is 2.21. The predicted molar refractivity (Wildman–Crippen MR) is 139 cm³/mol. The Hall–Kier alpha value is -3.89. The first kappa shape index (κ1) is 26.7. The number of amides is 3. The molecular formula is C26H34N6O4. The molecule has 7 N–H and O–H groups in total. The Morgan fingerprint density at radius 3 is 2.58 bits per heavy atom. The Morgan fingerprint density at radius 2 is 1.86 bits per heavy atom. The molecule has 0 saturated heterocycles. The lowest BCUT2D eigenvalue weighted by Crippen LogP contribution is -2.43. The zero-order chi connectivity index (χ0) is 26.3. The van der Waals surface area contributed by atoms with Crippen LogP contribution in [0.4, 0.5) is 16.3 Å². The molecule has 3 rings (SSSR count). The van der Waals surface area contributed by atoms with Crippen LogP contribution in [0.3, 0.4) is 0 Å². The third-order valence-electron chi connectivity index (χ3n) is 5.72. The topological polar surface area (TPSA) is 155 Å². The number of aromatic hydroxyl groups is 1. The lowest BCUT2D eigenvalue weighted by molar-refractivity contribution is -0.115. The average Bonchev–Trinajstić information content (AvgIpc) is 3.25. The maximum atomic E-state index is 12.5. The molecule has 2 aromatic carbocycles. The van der Waals surface area contributed by atoms with Crippen molar-refractivity contribution in [2.75, 3.05) is 17.2 Å². The van der Waals surface area contributed by atoms with E-state index in [2.05, 4.69) is 21.0 Å². The molecule has 10 heteroatoms. The number of primary amides is 1. The van der Waals surface area contributed by atoms with Gasteiger partial charge in [0.05, 0.1) is 24.4 Å². The predicted octanol–water partition coefficient (Wildman–Crippen LogP) is 2.92. The Labute approximate surface area is 210 Å². The molecule has 0 bridgehead atoms. The summed E-state index contributed by atoms with van der Waals surface area (Å²) in [5.74, 6) is 0.429. The lowest BCUT2D eigenvalue weighted by Gasteiger charge is -2.28. The lowest BCUT2D eigenvalue weighted by atomic mass is 9.93. The van der Waals surface area contributed by atoms with E-state index in [1.807, 2.05) is 45.0 Å². The van der Waals surface area contributed by atoms with E-state index in [0.29, 0.717) is 24.3 Å². The van der Waals surface area contributed by atoms with E-state index in [-0.39, 0.29) is 35.8 Å². The summed E-state index contributed by atoms with van der Waals surface area (Å²) in [7, 11) is 0. The number of nitrogens with zero attached hydrogens (tertiary/aromatic N) is 2. The van der Waals surface area contributed by atoms with Crippen molar-refractivity contribution < 1.29 is 19.8 Å². The van der Waals surface area contributed by atoms with Gasteiger partial charge in [-0.2, -0.15) is 5.10 Å². The second kappa shape index (κ2) is 11.7. The van der Waals surface area contributed by atoms with Gasteiger partial charge in [-0.05, 0) is 56.0 Å². The van der Waals surface area contributed by atoms with Crippen LogP contribution in [-0.2, 0) is 24.2 Å². The first-order chi connectivity index (χ1) is 17.1. The third kappa shape index (κ3) is 7.56. The monoisotopic (exact) mass is 494 g/mol. The van der Waals surface area contributed by atoms with Gasteiger partial charge in [0, 0.05) is 24.7 Å². The number of urea groups is 1. The molecule has 36 heavy (non-hydrogen) atoms. The average molecular weight is 495 g/mol. The quantitative estimate of drug-likeness (QED) is 0.225. The first-order valence-electron chi connectivity index (χ1n) is 11.8. The van der Waals surface area contributed by atoms with Gasteiger partial charge < -0.3 is 31.9 Å². The van der Waals surface area contributed by atoms with Gasteiger partial charge in [-0.3, -0.25) is 4.79 Å². The molecule has 1 heterocycles. The molecular weight excluding hydrogens is 460 g/mol. The van der Waals surface area contributed by atoms with Crippen molar-refractivity contribution >= 4 is 23.4 Å². The van der Waals surface area contributed by atoms with E-state index in [1.54, 1.807) is 23.0 Å². The Morgan fingerprint density at radius 1 is 1.11 bits per heavy atom. The zero-order valence-corrected chi connectivity index (χ0v) is 20.8. The minimum absolute atomic E-state index is 0.109. The highest BCUT2D eigenvalue weighted by molar-refractivity contribution is 5.91. The molecule has 0 unspecified atom stereocenters. The number of carbonyl (C=O) groups is 2. The van der Waals surface area contributed by atoms with Gasteiger partial charge in [0.25, 0.3) is 0 Å². The van der Waals surface area contributed by atoms with E-state index in [0.717, 1.165) is 11.1 Å². The van der Waals surface area contributed by atoms with E-state index in [4.69, 9.17) is 5.73 Å². The van der Waals surface area contributed by atoms with E-state index >= 15 is 0 Å². The number of aliphatic hydroxyl groups excluding tert-OH is 1.